The fraction of sp³-hybridized carbons (Fsp3) is 0.182. The monoisotopic (exact) mass is 380 g/mol. The van der Waals surface area contributed by atoms with Gasteiger partial charge in [-0.1, -0.05) is 60.7 Å². The molecular formula is C22H20O6. The zero-order valence-electron chi connectivity index (χ0n) is 15.1. The van der Waals surface area contributed by atoms with E-state index in [1.807, 2.05) is 60.7 Å². The maximum absolute atomic E-state index is 12.0. The van der Waals surface area contributed by atoms with Gasteiger partial charge in [0, 0.05) is 12.2 Å². The second-order valence-electron chi connectivity index (χ2n) is 5.84. The van der Waals surface area contributed by atoms with Gasteiger partial charge in [-0.25, -0.2) is 9.59 Å². The number of ether oxygens (including phenoxy) is 4. The lowest BCUT2D eigenvalue weighted by Crippen LogP contribution is -2.43. The van der Waals surface area contributed by atoms with E-state index in [2.05, 4.69) is 0 Å². The highest BCUT2D eigenvalue weighted by Gasteiger charge is 2.32. The zero-order chi connectivity index (χ0) is 19.6. The Morgan fingerprint density at radius 1 is 0.714 bits per heavy atom. The maximum atomic E-state index is 12.0. The van der Waals surface area contributed by atoms with Crippen LogP contribution in [-0.2, 0) is 28.5 Å². The van der Waals surface area contributed by atoms with Crippen molar-refractivity contribution in [3.05, 3.63) is 83.9 Å². The highest BCUT2D eigenvalue weighted by Crippen LogP contribution is 2.15. The van der Waals surface area contributed by atoms with Gasteiger partial charge >= 0.3 is 11.9 Å². The van der Waals surface area contributed by atoms with E-state index in [0.717, 1.165) is 11.1 Å². The summed E-state index contributed by atoms with van der Waals surface area (Å²) in [5.74, 6) is -1.25. The fourth-order valence-corrected chi connectivity index (χ4v) is 2.43. The molecule has 3 rings (SSSR count). The van der Waals surface area contributed by atoms with E-state index >= 15 is 0 Å². The van der Waals surface area contributed by atoms with Crippen LogP contribution >= 0.6 is 0 Å². The van der Waals surface area contributed by atoms with Gasteiger partial charge < -0.3 is 18.9 Å². The van der Waals surface area contributed by atoms with Gasteiger partial charge in [0.1, 0.15) is 0 Å². The summed E-state index contributed by atoms with van der Waals surface area (Å²) in [6.07, 6.45) is 3.54. The molecule has 1 aliphatic rings. The van der Waals surface area contributed by atoms with E-state index in [1.165, 1.54) is 12.2 Å². The first-order valence-corrected chi connectivity index (χ1v) is 8.81. The van der Waals surface area contributed by atoms with Crippen molar-refractivity contribution in [3.63, 3.8) is 0 Å². The Morgan fingerprint density at radius 3 is 1.50 bits per heavy atom. The summed E-state index contributed by atoms with van der Waals surface area (Å²) in [6.45, 7) is 0.461. The van der Waals surface area contributed by atoms with Crippen LogP contribution < -0.4 is 0 Å². The molecule has 0 saturated carbocycles. The van der Waals surface area contributed by atoms with Crippen LogP contribution in [0.2, 0.25) is 0 Å². The molecule has 0 spiro atoms. The van der Waals surface area contributed by atoms with Crippen LogP contribution in [0.15, 0.2) is 72.8 Å². The van der Waals surface area contributed by atoms with E-state index in [1.54, 1.807) is 12.2 Å². The Balaban J connectivity index is 1.54. The molecule has 0 radical (unpaired) electrons. The first-order valence-electron chi connectivity index (χ1n) is 8.81. The number of hydrogen-bond donors (Lipinski definition) is 0. The van der Waals surface area contributed by atoms with E-state index in [0.29, 0.717) is 0 Å². The average Bonchev–Trinajstić information content (AvgIpc) is 2.74. The number of carbonyl (C=O) groups excluding carboxylic acids is 2. The molecule has 1 fully saturated rings. The summed E-state index contributed by atoms with van der Waals surface area (Å²) in [6, 6.07) is 18.6. The Morgan fingerprint density at radius 2 is 1.11 bits per heavy atom. The molecule has 2 atom stereocenters. The molecule has 0 bridgehead atoms. The van der Waals surface area contributed by atoms with Crippen LogP contribution in [0.1, 0.15) is 11.1 Å². The van der Waals surface area contributed by atoms with Crippen molar-refractivity contribution in [3.8, 4) is 0 Å². The molecule has 1 heterocycles. The number of esters is 2. The molecule has 2 unspecified atom stereocenters. The summed E-state index contributed by atoms with van der Waals surface area (Å²) in [5.41, 5.74) is 1.71. The predicted molar refractivity (Wildman–Crippen MR) is 103 cm³/mol. The van der Waals surface area contributed by atoms with Gasteiger partial charge in [0.2, 0.25) is 0 Å². The van der Waals surface area contributed by atoms with E-state index < -0.39 is 24.5 Å². The Kier molecular flexibility index (Phi) is 7.12. The highest BCUT2D eigenvalue weighted by atomic mass is 16.8. The molecule has 2 aromatic rings. The topological polar surface area (TPSA) is 71.1 Å². The van der Waals surface area contributed by atoms with Crippen LogP contribution in [0.25, 0.3) is 12.2 Å². The Labute approximate surface area is 163 Å². The molecule has 0 aliphatic carbocycles. The number of carbonyl (C=O) groups is 2. The Bertz CT molecular complexity index is 757. The predicted octanol–water partition coefficient (Wildman–Crippen LogP) is 3.20. The van der Waals surface area contributed by atoms with Crippen molar-refractivity contribution in [2.75, 3.05) is 13.2 Å². The summed E-state index contributed by atoms with van der Waals surface area (Å²) < 4.78 is 21.2. The summed E-state index contributed by atoms with van der Waals surface area (Å²) in [5, 5.41) is 0. The van der Waals surface area contributed by atoms with Gasteiger partial charge in [0.05, 0.1) is 13.2 Å². The van der Waals surface area contributed by atoms with E-state index in [4.69, 9.17) is 18.9 Å². The van der Waals surface area contributed by atoms with Crippen LogP contribution in [0.3, 0.4) is 0 Å². The molecule has 144 valence electrons. The second kappa shape index (κ2) is 10.2. The van der Waals surface area contributed by atoms with Crippen molar-refractivity contribution in [2.45, 2.75) is 12.6 Å². The summed E-state index contributed by atoms with van der Waals surface area (Å²) in [4.78, 5) is 24.1. The Hall–Kier alpha value is -3.22. The largest absolute Gasteiger partial charge is 0.426 e. The minimum Gasteiger partial charge on any atom is -0.426 e. The summed E-state index contributed by atoms with van der Waals surface area (Å²) >= 11 is 0. The molecule has 6 heteroatoms. The van der Waals surface area contributed by atoms with Crippen molar-refractivity contribution >= 4 is 24.1 Å². The van der Waals surface area contributed by atoms with Gasteiger partial charge in [-0.3, -0.25) is 0 Å². The lowest BCUT2D eigenvalue weighted by molar-refractivity contribution is -0.299. The van der Waals surface area contributed by atoms with Crippen molar-refractivity contribution in [1.29, 1.82) is 0 Å². The quantitative estimate of drug-likeness (QED) is 0.566. The summed E-state index contributed by atoms with van der Waals surface area (Å²) in [7, 11) is 0. The van der Waals surface area contributed by atoms with Crippen molar-refractivity contribution < 1.29 is 28.5 Å². The van der Waals surface area contributed by atoms with Gasteiger partial charge in [-0.2, -0.15) is 0 Å². The number of hydrogen-bond acceptors (Lipinski definition) is 6. The van der Waals surface area contributed by atoms with Gasteiger partial charge in [-0.15, -0.1) is 0 Å². The van der Waals surface area contributed by atoms with Gasteiger partial charge in [0.15, 0.2) is 0 Å². The van der Waals surface area contributed by atoms with E-state index in [9.17, 15) is 9.59 Å². The minimum atomic E-state index is -1.13. The third-order valence-corrected chi connectivity index (χ3v) is 3.76. The zero-order valence-corrected chi connectivity index (χ0v) is 15.1. The van der Waals surface area contributed by atoms with Crippen LogP contribution in [0.4, 0.5) is 0 Å². The minimum absolute atomic E-state index is 0.230. The van der Waals surface area contributed by atoms with Crippen LogP contribution in [0, 0.1) is 0 Å². The standard InChI is InChI=1S/C22H20O6/c23-19(13-11-17-7-3-1-4-8-17)27-21-22(26-16-15-25-21)28-20(24)14-12-18-9-5-2-6-10-18/h1-14,21-22H,15-16H2. The molecule has 0 amide bonds. The normalized spacial score (nSPS) is 19.6. The third kappa shape index (κ3) is 6.19. The van der Waals surface area contributed by atoms with E-state index in [-0.39, 0.29) is 13.2 Å². The smallest absolute Gasteiger partial charge is 0.333 e. The lowest BCUT2D eigenvalue weighted by atomic mass is 10.2. The first kappa shape index (κ1) is 19.5. The third-order valence-electron chi connectivity index (χ3n) is 3.76. The molecule has 0 aromatic heterocycles. The average molecular weight is 380 g/mol. The maximum Gasteiger partial charge on any atom is 0.333 e. The molecule has 1 saturated heterocycles. The van der Waals surface area contributed by atoms with Gasteiger partial charge in [-0.05, 0) is 23.3 Å². The SMILES string of the molecule is O=C(C=Cc1ccccc1)OC1OCCOC1OC(=O)C=Cc1ccccc1. The molecular weight excluding hydrogens is 360 g/mol. The van der Waals surface area contributed by atoms with Gasteiger partial charge in [0.25, 0.3) is 12.6 Å². The molecule has 2 aromatic carbocycles. The van der Waals surface area contributed by atoms with Crippen molar-refractivity contribution in [1.82, 2.24) is 0 Å². The number of benzene rings is 2. The molecule has 28 heavy (non-hydrogen) atoms. The van der Waals surface area contributed by atoms with Crippen LogP contribution in [-0.4, -0.2) is 37.7 Å². The first-order chi connectivity index (χ1) is 13.7. The molecule has 0 N–H and O–H groups in total. The number of rotatable bonds is 6. The lowest BCUT2D eigenvalue weighted by Gasteiger charge is -2.29. The highest BCUT2D eigenvalue weighted by molar-refractivity contribution is 5.88. The second-order valence-corrected chi connectivity index (χ2v) is 5.84. The fourth-order valence-electron chi connectivity index (χ4n) is 2.43. The molecule has 6 nitrogen and oxygen atoms in total. The van der Waals surface area contributed by atoms with Crippen LogP contribution in [0.5, 0.6) is 0 Å². The molecule has 1 aliphatic heterocycles. The van der Waals surface area contributed by atoms with Crippen molar-refractivity contribution in [2.24, 2.45) is 0 Å².